The van der Waals surface area contributed by atoms with Crippen molar-refractivity contribution < 1.29 is 21.6 Å². The number of hydrogen-bond acceptors (Lipinski definition) is 7. The molecule has 4 rings (SSSR count). The molecule has 1 aromatic heterocycles. The van der Waals surface area contributed by atoms with E-state index in [9.17, 15) is 21.6 Å². The summed E-state index contributed by atoms with van der Waals surface area (Å²) in [6.07, 6.45) is 1.67. The van der Waals surface area contributed by atoms with Crippen LogP contribution < -0.4 is 5.73 Å². The van der Waals surface area contributed by atoms with E-state index in [0.29, 0.717) is 12.1 Å². The number of piperidine rings is 1. The zero-order valence-electron chi connectivity index (χ0n) is 19.7. The number of benzene rings is 1. The second-order valence-electron chi connectivity index (χ2n) is 9.02. The second kappa shape index (κ2) is 10.3. The average molecular weight is 522 g/mol. The molecule has 2 N–H and O–H groups in total. The Kier molecular flexibility index (Phi) is 7.57. The Morgan fingerprint density at radius 3 is 2.26 bits per heavy atom. The van der Waals surface area contributed by atoms with Gasteiger partial charge in [-0.3, -0.25) is 4.79 Å². The lowest BCUT2D eigenvalue weighted by Gasteiger charge is -2.40. The van der Waals surface area contributed by atoms with Crippen molar-refractivity contribution in [3.63, 3.8) is 0 Å². The largest absolute Gasteiger partial charge is 0.340 e. The summed E-state index contributed by atoms with van der Waals surface area (Å²) in [5.74, 6) is -0.863. The molecule has 1 aromatic carbocycles. The number of nitrogens with zero attached hydrogens (tertiary/aromatic N) is 4. The lowest BCUT2D eigenvalue weighted by atomic mass is 9.85. The molecule has 2 atom stereocenters. The van der Waals surface area contributed by atoms with E-state index in [-0.39, 0.29) is 62.7 Å². The third-order valence-electron chi connectivity index (χ3n) is 6.65. The molecule has 10 nitrogen and oxygen atoms in total. The van der Waals surface area contributed by atoms with Gasteiger partial charge in [-0.1, -0.05) is 36.4 Å². The lowest BCUT2D eigenvalue weighted by molar-refractivity contribution is -0.138. The van der Waals surface area contributed by atoms with E-state index in [4.69, 9.17) is 5.73 Å². The minimum Gasteiger partial charge on any atom is -0.340 e. The minimum atomic E-state index is -3.95. The number of rotatable bonds is 6. The zero-order chi connectivity index (χ0) is 25.2. The molecule has 2 fully saturated rings. The summed E-state index contributed by atoms with van der Waals surface area (Å²) < 4.78 is 53.5. The fourth-order valence-corrected chi connectivity index (χ4v) is 7.07. The van der Waals surface area contributed by atoms with Crippen LogP contribution in [0.25, 0.3) is 0 Å². The Balaban J connectivity index is 1.59. The van der Waals surface area contributed by atoms with E-state index in [2.05, 4.69) is 4.98 Å². The van der Waals surface area contributed by atoms with Gasteiger partial charge in [0.15, 0.2) is 5.03 Å². The maximum absolute atomic E-state index is 13.6. The fraction of sp³-hybridized carbons (Fsp3) is 0.478. The standard InChI is InChI=1S/C23H31N5O5S2/c1-34(30,31)27-12-10-26(11-13-27)23(29)20-14-19(18-6-3-2-4-7-18)16-28(17-20)35(32,33)22-9-5-8-21(15-24)25-22/h2-9,19-20H,10-17,24H2,1H3/t19-,20+/m1/s1. The predicted molar refractivity (Wildman–Crippen MR) is 131 cm³/mol. The van der Waals surface area contributed by atoms with Gasteiger partial charge in [0, 0.05) is 45.8 Å². The number of carbonyl (C=O) groups excluding carboxylic acids is 1. The van der Waals surface area contributed by atoms with Crippen LogP contribution in [0.1, 0.15) is 23.6 Å². The zero-order valence-corrected chi connectivity index (χ0v) is 21.3. The SMILES string of the molecule is CS(=O)(=O)N1CCN(C(=O)[C@H]2C[C@@H](c3ccccc3)CN(S(=O)(=O)c3cccc(CN)n3)C2)CC1. The molecular formula is C23H31N5O5S2. The van der Waals surface area contributed by atoms with E-state index in [1.807, 2.05) is 30.3 Å². The van der Waals surface area contributed by atoms with Gasteiger partial charge in [0.2, 0.25) is 15.9 Å². The summed E-state index contributed by atoms with van der Waals surface area (Å²) in [5.41, 5.74) is 7.10. The lowest BCUT2D eigenvalue weighted by Crippen LogP contribution is -2.54. The third-order valence-corrected chi connectivity index (χ3v) is 9.69. The van der Waals surface area contributed by atoms with Crippen LogP contribution in [0.3, 0.4) is 0 Å². The molecule has 2 aliphatic rings. The predicted octanol–water partition coefficient (Wildman–Crippen LogP) is 0.439. The highest BCUT2D eigenvalue weighted by Crippen LogP contribution is 2.34. The minimum absolute atomic E-state index is 0.0469. The molecule has 12 heteroatoms. The Labute approximate surface area is 206 Å². The van der Waals surface area contributed by atoms with E-state index in [0.717, 1.165) is 11.8 Å². The average Bonchev–Trinajstić information content (AvgIpc) is 2.88. The number of amides is 1. The molecule has 1 amide bonds. The molecule has 190 valence electrons. The molecule has 0 radical (unpaired) electrons. The number of nitrogens with two attached hydrogens (primary N) is 1. The van der Waals surface area contributed by atoms with Crippen molar-refractivity contribution in [2.45, 2.75) is 23.9 Å². The van der Waals surface area contributed by atoms with Crippen LogP contribution in [0.15, 0.2) is 53.6 Å². The maximum Gasteiger partial charge on any atom is 0.260 e. The highest BCUT2D eigenvalue weighted by molar-refractivity contribution is 7.89. The highest BCUT2D eigenvalue weighted by Gasteiger charge is 2.40. The van der Waals surface area contributed by atoms with Crippen molar-refractivity contribution in [3.05, 3.63) is 59.8 Å². The van der Waals surface area contributed by atoms with Crippen LogP contribution in [0.4, 0.5) is 0 Å². The van der Waals surface area contributed by atoms with Crippen molar-refractivity contribution in [2.75, 3.05) is 45.5 Å². The molecule has 0 bridgehead atoms. The van der Waals surface area contributed by atoms with Crippen LogP contribution in [0.2, 0.25) is 0 Å². The summed E-state index contributed by atoms with van der Waals surface area (Å²) in [6, 6.07) is 14.3. The Morgan fingerprint density at radius 2 is 1.63 bits per heavy atom. The van der Waals surface area contributed by atoms with Gasteiger partial charge in [0.1, 0.15) is 0 Å². The molecule has 2 aliphatic heterocycles. The normalized spacial score (nSPS) is 22.7. The number of piperazine rings is 1. The van der Waals surface area contributed by atoms with Crippen LogP contribution >= 0.6 is 0 Å². The van der Waals surface area contributed by atoms with Gasteiger partial charge >= 0.3 is 0 Å². The summed E-state index contributed by atoms with van der Waals surface area (Å²) in [4.78, 5) is 19.4. The molecule has 0 spiro atoms. The van der Waals surface area contributed by atoms with Crippen molar-refractivity contribution in [2.24, 2.45) is 11.7 Å². The smallest absolute Gasteiger partial charge is 0.260 e. The topological polar surface area (TPSA) is 134 Å². The molecule has 0 unspecified atom stereocenters. The van der Waals surface area contributed by atoms with Gasteiger partial charge in [-0.05, 0) is 30.0 Å². The van der Waals surface area contributed by atoms with Gasteiger partial charge in [-0.25, -0.2) is 21.8 Å². The van der Waals surface area contributed by atoms with Crippen LogP contribution in [0.5, 0.6) is 0 Å². The molecule has 2 saturated heterocycles. The summed E-state index contributed by atoms with van der Waals surface area (Å²) in [6.45, 7) is 1.44. The fourth-order valence-electron chi connectivity index (χ4n) is 4.75. The van der Waals surface area contributed by atoms with Gasteiger partial charge in [0.05, 0.1) is 17.9 Å². The summed E-state index contributed by atoms with van der Waals surface area (Å²) >= 11 is 0. The van der Waals surface area contributed by atoms with Crippen LogP contribution in [-0.2, 0) is 31.4 Å². The number of pyridine rings is 1. The van der Waals surface area contributed by atoms with Gasteiger partial charge in [-0.2, -0.15) is 8.61 Å². The Bertz CT molecular complexity index is 1260. The van der Waals surface area contributed by atoms with Gasteiger partial charge in [0.25, 0.3) is 10.0 Å². The van der Waals surface area contributed by atoms with Crippen molar-refractivity contribution >= 4 is 26.0 Å². The van der Waals surface area contributed by atoms with Crippen LogP contribution in [-0.4, -0.2) is 86.8 Å². The Hall–Kier alpha value is -2.38. The monoisotopic (exact) mass is 521 g/mol. The molecule has 2 aromatic rings. The molecule has 0 aliphatic carbocycles. The van der Waals surface area contributed by atoms with Crippen LogP contribution in [0, 0.1) is 5.92 Å². The Morgan fingerprint density at radius 1 is 0.943 bits per heavy atom. The molecule has 3 heterocycles. The number of carbonyl (C=O) groups is 1. The van der Waals surface area contributed by atoms with Gasteiger partial charge in [-0.15, -0.1) is 0 Å². The number of sulfonamides is 2. The number of aromatic nitrogens is 1. The first kappa shape index (κ1) is 25.7. The van der Waals surface area contributed by atoms with Crippen molar-refractivity contribution in [3.8, 4) is 0 Å². The summed E-state index contributed by atoms with van der Waals surface area (Å²) in [7, 11) is -7.27. The van der Waals surface area contributed by atoms with E-state index in [1.54, 1.807) is 17.0 Å². The van der Waals surface area contributed by atoms with E-state index in [1.165, 1.54) is 14.7 Å². The van der Waals surface area contributed by atoms with Gasteiger partial charge < -0.3 is 10.6 Å². The molecular weight excluding hydrogens is 490 g/mol. The first-order valence-corrected chi connectivity index (χ1v) is 14.8. The maximum atomic E-state index is 13.6. The molecule has 35 heavy (non-hydrogen) atoms. The quantitative estimate of drug-likeness (QED) is 0.583. The van der Waals surface area contributed by atoms with Crippen molar-refractivity contribution in [1.82, 2.24) is 18.5 Å². The summed E-state index contributed by atoms with van der Waals surface area (Å²) in [5, 5.41) is -0.0814. The highest BCUT2D eigenvalue weighted by atomic mass is 32.2. The number of hydrogen-bond donors (Lipinski definition) is 1. The van der Waals surface area contributed by atoms with E-state index >= 15 is 0 Å². The first-order valence-electron chi connectivity index (χ1n) is 11.5. The van der Waals surface area contributed by atoms with Crippen molar-refractivity contribution in [1.29, 1.82) is 0 Å². The third kappa shape index (κ3) is 5.72. The van der Waals surface area contributed by atoms with E-state index < -0.39 is 26.0 Å². The molecule has 0 saturated carbocycles. The first-order chi connectivity index (χ1) is 16.6. The second-order valence-corrected chi connectivity index (χ2v) is 12.9.